The van der Waals surface area contributed by atoms with Gasteiger partial charge in [-0.3, -0.25) is 4.79 Å². The Morgan fingerprint density at radius 3 is 2.74 bits per heavy atom. The summed E-state index contributed by atoms with van der Waals surface area (Å²) in [5.41, 5.74) is 3.40. The minimum absolute atomic E-state index is 0.250. The number of halogens is 2. The average Bonchev–Trinajstić information content (AvgIpc) is 3.21. The number of hydrogen-bond acceptors (Lipinski definition) is 5. The molecule has 1 amide bonds. The SMILES string of the molecule is Cc1ccc(C)c(-c2nonc2NC(=O)c2sc3cc(Cl)ccc3c2Cl)c1. The number of hydrogen-bond donors (Lipinski definition) is 1. The lowest BCUT2D eigenvalue weighted by Crippen LogP contribution is -2.11. The van der Waals surface area contributed by atoms with Crippen molar-refractivity contribution in [1.29, 1.82) is 0 Å². The highest BCUT2D eigenvalue weighted by atomic mass is 35.5. The van der Waals surface area contributed by atoms with Gasteiger partial charge in [-0.05, 0) is 47.9 Å². The summed E-state index contributed by atoms with van der Waals surface area (Å²) in [5.74, 6) is -0.125. The van der Waals surface area contributed by atoms with Crippen molar-refractivity contribution in [2.45, 2.75) is 13.8 Å². The van der Waals surface area contributed by atoms with Gasteiger partial charge in [0.2, 0.25) is 5.82 Å². The van der Waals surface area contributed by atoms with Gasteiger partial charge in [-0.1, -0.05) is 47.0 Å². The Labute approximate surface area is 168 Å². The van der Waals surface area contributed by atoms with E-state index in [9.17, 15) is 4.79 Å². The van der Waals surface area contributed by atoms with Crippen LogP contribution in [0.1, 0.15) is 20.8 Å². The van der Waals surface area contributed by atoms with Crippen molar-refractivity contribution >= 4 is 56.3 Å². The van der Waals surface area contributed by atoms with Crippen LogP contribution in [-0.4, -0.2) is 16.2 Å². The summed E-state index contributed by atoms with van der Waals surface area (Å²) in [6.45, 7) is 3.94. The van der Waals surface area contributed by atoms with E-state index >= 15 is 0 Å². The summed E-state index contributed by atoms with van der Waals surface area (Å²) in [6.07, 6.45) is 0. The van der Waals surface area contributed by atoms with Crippen LogP contribution in [0.4, 0.5) is 5.82 Å². The first-order valence-corrected chi connectivity index (χ1v) is 9.60. The van der Waals surface area contributed by atoms with Gasteiger partial charge in [0.1, 0.15) is 4.88 Å². The molecule has 0 aliphatic heterocycles. The summed E-state index contributed by atoms with van der Waals surface area (Å²) < 4.78 is 5.71. The van der Waals surface area contributed by atoms with Crippen LogP contribution in [0.2, 0.25) is 10.0 Å². The molecular weight excluding hydrogens is 405 g/mol. The van der Waals surface area contributed by atoms with Crippen molar-refractivity contribution in [3.8, 4) is 11.3 Å². The Morgan fingerprint density at radius 2 is 1.93 bits per heavy atom. The largest absolute Gasteiger partial charge is 0.301 e. The molecule has 4 aromatic rings. The van der Waals surface area contributed by atoms with Gasteiger partial charge in [-0.15, -0.1) is 11.3 Å². The van der Waals surface area contributed by atoms with Crippen molar-refractivity contribution in [2.24, 2.45) is 0 Å². The first kappa shape index (κ1) is 18.0. The van der Waals surface area contributed by atoms with E-state index in [4.69, 9.17) is 27.8 Å². The van der Waals surface area contributed by atoms with Crippen molar-refractivity contribution in [1.82, 2.24) is 10.3 Å². The third kappa shape index (κ3) is 3.32. The maximum absolute atomic E-state index is 12.8. The van der Waals surface area contributed by atoms with Gasteiger partial charge in [0.15, 0.2) is 5.69 Å². The molecule has 0 spiro atoms. The topological polar surface area (TPSA) is 68.0 Å². The van der Waals surface area contributed by atoms with Crippen LogP contribution in [0.5, 0.6) is 0 Å². The number of aryl methyl sites for hydroxylation is 2. The van der Waals surface area contributed by atoms with E-state index < -0.39 is 0 Å². The predicted molar refractivity (Wildman–Crippen MR) is 109 cm³/mol. The molecule has 0 unspecified atom stereocenters. The fraction of sp³-hybridized carbons (Fsp3) is 0.105. The molecule has 8 heteroatoms. The molecule has 2 heterocycles. The monoisotopic (exact) mass is 417 g/mol. The van der Waals surface area contributed by atoms with Gasteiger partial charge >= 0.3 is 0 Å². The van der Waals surface area contributed by atoms with E-state index in [1.54, 1.807) is 18.2 Å². The third-order valence-corrected chi connectivity index (χ3v) is 6.06. The van der Waals surface area contributed by atoms with E-state index in [-0.39, 0.29) is 11.7 Å². The van der Waals surface area contributed by atoms with Crippen molar-refractivity contribution < 1.29 is 9.42 Å². The molecule has 27 heavy (non-hydrogen) atoms. The summed E-state index contributed by atoms with van der Waals surface area (Å²) in [4.78, 5) is 13.2. The average molecular weight is 418 g/mol. The number of amides is 1. The molecule has 0 atom stereocenters. The lowest BCUT2D eigenvalue weighted by atomic mass is 10.0. The van der Waals surface area contributed by atoms with E-state index in [1.165, 1.54) is 11.3 Å². The minimum atomic E-state index is -0.375. The smallest absolute Gasteiger partial charge is 0.268 e. The maximum Gasteiger partial charge on any atom is 0.268 e. The molecule has 0 saturated heterocycles. The van der Waals surface area contributed by atoms with Crippen LogP contribution < -0.4 is 5.32 Å². The molecule has 0 fully saturated rings. The second-order valence-corrected chi connectivity index (χ2v) is 7.99. The zero-order valence-corrected chi connectivity index (χ0v) is 16.7. The standard InChI is InChI=1S/C19H13Cl2N3O2S/c1-9-3-4-10(2)13(7-9)16-18(24-26-23-16)22-19(25)17-15(21)12-6-5-11(20)8-14(12)27-17/h3-8H,1-2H3,(H,22,24,25). The Balaban J connectivity index is 1.70. The molecule has 4 rings (SSSR count). The molecule has 0 aliphatic rings. The number of nitrogens with one attached hydrogen (secondary N) is 1. The zero-order valence-electron chi connectivity index (χ0n) is 14.3. The number of thiophene rings is 1. The van der Waals surface area contributed by atoms with Gasteiger partial charge in [0, 0.05) is 20.7 Å². The second-order valence-electron chi connectivity index (χ2n) is 6.12. The van der Waals surface area contributed by atoms with E-state index in [0.29, 0.717) is 20.6 Å². The molecule has 2 aromatic carbocycles. The fourth-order valence-electron chi connectivity index (χ4n) is 2.79. The van der Waals surface area contributed by atoms with E-state index in [2.05, 4.69) is 15.6 Å². The van der Waals surface area contributed by atoms with Crippen LogP contribution in [0, 0.1) is 13.8 Å². The van der Waals surface area contributed by atoms with Crippen molar-refractivity contribution in [3.63, 3.8) is 0 Å². The first-order chi connectivity index (χ1) is 12.9. The molecular formula is C19H13Cl2N3O2S. The van der Waals surface area contributed by atoms with Gasteiger partial charge in [0.25, 0.3) is 5.91 Å². The van der Waals surface area contributed by atoms with Crippen molar-refractivity contribution in [3.05, 3.63) is 62.4 Å². The summed E-state index contributed by atoms with van der Waals surface area (Å²) in [5, 5.41) is 12.3. The van der Waals surface area contributed by atoms with Crippen molar-refractivity contribution in [2.75, 3.05) is 5.32 Å². The highest BCUT2D eigenvalue weighted by Gasteiger charge is 2.22. The van der Waals surface area contributed by atoms with E-state index in [1.807, 2.05) is 32.0 Å². The number of fused-ring (bicyclic) bond motifs is 1. The number of nitrogens with zero attached hydrogens (tertiary/aromatic N) is 2. The molecule has 1 N–H and O–H groups in total. The number of benzene rings is 2. The molecule has 136 valence electrons. The third-order valence-electron chi connectivity index (χ3n) is 4.17. The Kier molecular flexibility index (Phi) is 4.63. The molecule has 0 saturated carbocycles. The van der Waals surface area contributed by atoms with Crippen LogP contribution >= 0.6 is 34.5 Å². The summed E-state index contributed by atoms with van der Waals surface area (Å²) in [6, 6.07) is 11.3. The van der Waals surface area contributed by atoms with E-state index in [0.717, 1.165) is 26.8 Å². The second kappa shape index (κ2) is 6.96. The molecule has 0 bridgehead atoms. The lowest BCUT2D eigenvalue weighted by Gasteiger charge is -2.06. The quantitative estimate of drug-likeness (QED) is 0.435. The van der Waals surface area contributed by atoms with Gasteiger partial charge in [-0.2, -0.15) is 0 Å². The summed E-state index contributed by atoms with van der Waals surface area (Å²) >= 11 is 13.7. The lowest BCUT2D eigenvalue weighted by molar-refractivity contribution is 0.102. The summed E-state index contributed by atoms with van der Waals surface area (Å²) in [7, 11) is 0. The normalized spacial score (nSPS) is 11.1. The molecule has 0 radical (unpaired) electrons. The first-order valence-electron chi connectivity index (χ1n) is 8.03. The molecule has 0 aliphatic carbocycles. The number of rotatable bonds is 3. The number of anilines is 1. The highest BCUT2D eigenvalue weighted by molar-refractivity contribution is 7.21. The fourth-order valence-corrected chi connectivity index (χ4v) is 4.48. The Bertz CT molecular complexity index is 1180. The number of carbonyl (C=O) groups excluding carboxylic acids is 1. The van der Waals surface area contributed by atoms with Gasteiger partial charge in [0.05, 0.1) is 5.02 Å². The number of aromatic nitrogens is 2. The molecule has 2 aromatic heterocycles. The van der Waals surface area contributed by atoms with Gasteiger partial charge in [-0.25, -0.2) is 4.63 Å². The van der Waals surface area contributed by atoms with Crippen LogP contribution in [0.3, 0.4) is 0 Å². The van der Waals surface area contributed by atoms with Crippen LogP contribution in [0.25, 0.3) is 21.3 Å². The highest BCUT2D eigenvalue weighted by Crippen LogP contribution is 2.37. The maximum atomic E-state index is 12.8. The van der Waals surface area contributed by atoms with Crippen LogP contribution in [-0.2, 0) is 0 Å². The minimum Gasteiger partial charge on any atom is -0.301 e. The zero-order chi connectivity index (χ0) is 19.1. The Hall–Kier alpha value is -2.41. The number of carbonyl (C=O) groups is 1. The van der Waals surface area contributed by atoms with Gasteiger partial charge < -0.3 is 5.32 Å². The van der Waals surface area contributed by atoms with Crippen LogP contribution in [0.15, 0.2) is 41.0 Å². The predicted octanol–water partition coefficient (Wildman–Crippen LogP) is 6.13. The molecule has 5 nitrogen and oxygen atoms in total. The Morgan fingerprint density at radius 1 is 1.11 bits per heavy atom.